The molecule has 0 saturated carbocycles. The van der Waals surface area contributed by atoms with E-state index >= 15 is 0 Å². The number of carbonyl (C=O) groups is 1. The lowest BCUT2D eigenvalue weighted by Gasteiger charge is -2.36. The fourth-order valence-electron chi connectivity index (χ4n) is 3.50. The standard InChI is InChI=1S/C18H30N4O2S/c1-20(7-4-18(23)22-8-5-19-6-9-22)15-16(17-3-2-14-25-17)21-10-12-24-13-11-21/h2-3,14,16,19H,4-13,15H2,1H3. The smallest absolute Gasteiger partial charge is 0.223 e. The molecule has 1 aromatic heterocycles. The Kier molecular flexibility index (Phi) is 7.24. The molecule has 1 unspecified atom stereocenters. The molecular weight excluding hydrogens is 336 g/mol. The van der Waals surface area contributed by atoms with Crippen LogP contribution in [0.3, 0.4) is 0 Å². The van der Waals surface area contributed by atoms with E-state index in [-0.39, 0.29) is 5.91 Å². The maximum absolute atomic E-state index is 12.4. The van der Waals surface area contributed by atoms with Gasteiger partial charge < -0.3 is 19.9 Å². The molecule has 2 saturated heterocycles. The Hall–Kier alpha value is -0.990. The molecule has 6 nitrogen and oxygen atoms in total. The van der Waals surface area contributed by atoms with Crippen LogP contribution >= 0.6 is 11.3 Å². The van der Waals surface area contributed by atoms with Gasteiger partial charge in [-0.2, -0.15) is 0 Å². The van der Waals surface area contributed by atoms with Crippen molar-refractivity contribution in [1.82, 2.24) is 20.0 Å². The number of nitrogens with one attached hydrogen (secondary N) is 1. The van der Waals surface area contributed by atoms with E-state index in [1.54, 1.807) is 0 Å². The molecule has 0 aromatic carbocycles. The zero-order valence-corrected chi connectivity index (χ0v) is 16.0. The van der Waals surface area contributed by atoms with Gasteiger partial charge in [0, 0.05) is 63.7 Å². The topological polar surface area (TPSA) is 48.1 Å². The monoisotopic (exact) mass is 366 g/mol. The summed E-state index contributed by atoms with van der Waals surface area (Å²) < 4.78 is 5.51. The lowest BCUT2D eigenvalue weighted by atomic mass is 10.1. The number of nitrogens with zero attached hydrogens (tertiary/aromatic N) is 3. The molecule has 25 heavy (non-hydrogen) atoms. The summed E-state index contributed by atoms with van der Waals surface area (Å²) in [7, 11) is 2.13. The van der Waals surface area contributed by atoms with Crippen LogP contribution in [0.25, 0.3) is 0 Å². The second-order valence-electron chi connectivity index (χ2n) is 6.82. The number of amides is 1. The Labute approximate surface area is 154 Å². The van der Waals surface area contributed by atoms with Crippen molar-refractivity contribution in [3.63, 3.8) is 0 Å². The maximum atomic E-state index is 12.4. The zero-order chi connectivity index (χ0) is 17.5. The van der Waals surface area contributed by atoms with Crippen LogP contribution in [0.15, 0.2) is 17.5 Å². The van der Waals surface area contributed by atoms with Crippen LogP contribution in [-0.2, 0) is 9.53 Å². The number of morpholine rings is 1. The van der Waals surface area contributed by atoms with Gasteiger partial charge in [0.05, 0.1) is 19.3 Å². The molecule has 0 radical (unpaired) electrons. The summed E-state index contributed by atoms with van der Waals surface area (Å²) in [5.74, 6) is 0.285. The number of ether oxygens (including phenoxy) is 1. The average molecular weight is 367 g/mol. The second kappa shape index (κ2) is 9.64. The molecule has 2 aliphatic rings. The first-order valence-electron chi connectivity index (χ1n) is 9.26. The highest BCUT2D eigenvalue weighted by atomic mass is 32.1. The normalized spacial score (nSPS) is 20.8. The van der Waals surface area contributed by atoms with Crippen molar-refractivity contribution in [2.75, 3.05) is 72.6 Å². The van der Waals surface area contributed by atoms with Crippen LogP contribution < -0.4 is 5.32 Å². The molecule has 2 aliphatic heterocycles. The molecule has 3 heterocycles. The van der Waals surface area contributed by atoms with Gasteiger partial charge in [-0.15, -0.1) is 11.3 Å². The van der Waals surface area contributed by atoms with Crippen molar-refractivity contribution in [3.05, 3.63) is 22.4 Å². The van der Waals surface area contributed by atoms with Gasteiger partial charge in [0.25, 0.3) is 0 Å². The molecule has 1 aromatic rings. The van der Waals surface area contributed by atoms with Gasteiger partial charge in [0.15, 0.2) is 0 Å². The number of hydrogen-bond acceptors (Lipinski definition) is 6. The van der Waals surface area contributed by atoms with Gasteiger partial charge in [-0.1, -0.05) is 6.07 Å². The lowest BCUT2D eigenvalue weighted by molar-refractivity contribution is -0.132. The van der Waals surface area contributed by atoms with E-state index in [0.717, 1.165) is 65.6 Å². The highest BCUT2D eigenvalue weighted by molar-refractivity contribution is 7.10. The van der Waals surface area contributed by atoms with Gasteiger partial charge in [-0.25, -0.2) is 0 Å². The van der Waals surface area contributed by atoms with Crippen molar-refractivity contribution < 1.29 is 9.53 Å². The van der Waals surface area contributed by atoms with Crippen molar-refractivity contribution in [3.8, 4) is 0 Å². The van der Waals surface area contributed by atoms with E-state index in [0.29, 0.717) is 12.5 Å². The first-order chi connectivity index (χ1) is 12.2. The van der Waals surface area contributed by atoms with Gasteiger partial charge in [0.1, 0.15) is 0 Å². The minimum atomic E-state index is 0.285. The average Bonchev–Trinajstić information content (AvgIpc) is 3.20. The Balaban J connectivity index is 1.51. The van der Waals surface area contributed by atoms with Crippen molar-refractivity contribution in [2.24, 2.45) is 0 Å². The molecule has 2 fully saturated rings. The molecule has 0 bridgehead atoms. The summed E-state index contributed by atoms with van der Waals surface area (Å²) in [6.45, 7) is 8.87. The molecule has 7 heteroatoms. The maximum Gasteiger partial charge on any atom is 0.223 e. The predicted octanol–water partition coefficient (Wildman–Crippen LogP) is 0.875. The number of carbonyl (C=O) groups excluding carboxylic acids is 1. The zero-order valence-electron chi connectivity index (χ0n) is 15.2. The Morgan fingerprint density at radius 2 is 2.08 bits per heavy atom. The molecule has 1 amide bonds. The van der Waals surface area contributed by atoms with Crippen molar-refractivity contribution in [2.45, 2.75) is 12.5 Å². The Morgan fingerprint density at radius 1 is 1.32 bits per heavy atom. The van der Waals surface area contributed by atoms with E-state index < -0.39 is 0 Å². The summed E-state index contributed by atoms with van der Waals surface area (Å²) in [5, 5.41) is 5.44. The van der Waals surface area contributed by atoms with Crippen LogP contribution in [0.5, 0.6) is 0 Å². The lowest BCUT2D eigenvalue weighted by Crippen LogP contribution is -2.47. The number of rotatable bonds is 7. The highest BCUT2D eigenvalue weighted by Gasteiger charge is 2.25. The van der Waals surface area contributed by atoms with E-state index in [2.05, 4.69) is 39.7 Å². The van der Waals surface area contributed by atoms with Gasteiger partial charge in [0.2, 0.25) is 5.91 Å². The minimum absolute atomic E-state index is 0.285. The van der Waals surface area contributed by atoms with Gasteiger partial charge in [-0.05, 0) is 18.5 Å². The van der Waals surface area contributed by atoms with E-state index in [1.807, 2.05) is 16.2 Å². The molecule has 1 atom stereocenters. The molecule has 140 valence electrons. The largest absolute Gasteiger partial charge is 0.379 e. The Morgan fingerprint density at radius 3 is 2.76 bits per heavy atom. The van der Waals surface area contributed by atoms with Crippen LogP contribution in [0.4, 0.5) is 0 Å². The molecular formula is C18H30N4O2S. The summed E-state index contributed by atoms with van der Waals surface area (Å²) >= 11 is 1.82. The third-order valence-corrected chi connectivity index (χ3v) is 5.99. The molecule has 0 aliphatic carbocycles. The van der Waals surface area contributed by atoms with Crippen LogP contribution in [0.1, 0.15) is 17.3 Å². The first-order valence-corrected chi connectivity index (χ1v) is 10.1. The number of piperazine rings is 1. The SMILES string of the molecule is CN(CCC(=O)N1CCNCC1)CC(c1cccs1)N1CCOCC1. The third-order valence-electron chi connectivity index (χ3n) is 5.02. The third kappa shape index (κ3) is 5.49. The molecule has 1 N–H and O–H groups in total. The number of likely N-dealkylation sites (N-methyl/N-ethyl adjacent to an activating group) is 1. The number of thiophene rings is 1. The summed E-state index contributed by atoms with van der Waals surface area (Å²) in [4.78, 5) is 20.6. The summed E-state index contributed by atoms with van der Waals surface area (Å²) in [6, 6.07) is 4.74. The van der Waals surface area contributed by atoms with Crippen molar-refractivity contribution >= 4 is 17.2 Å². The van der Waals surface area contributed by atoms with E-state index in [4.69, 9.17) is 4.74 Å². The molecule has 3 rings (SSSR count). The van der Waals surface area contributed by atoms with Crippen LogP contribution in [0, 0.1) is 0 Å². The molecule has 0 spiro atoms. The van der Waals surface area contributed by atoms with Gasteiger partial charge in [-0.3, -0.25) is 9.69 Å². The van der Waals surface area contributed by atoms with Crippen molar-refractivity contribution in [1.29, 1.82) is 0 Å². The summed E-state index contributed by atoms with van der Waals surface area (Å²) in [5.41, 5.74) is 0. The summed E-state index contributed by atoms with van der Waals surface area (Å²) in [6.07, 6.45) is 0.608. The predicted molar refractivity (Wildman–Crippen MR) is 101 cm³/mol. The number of hydrogen-bond donors (Lipinski definition) is 1. The minimum Gasteiger partial charge on any atom is -0.379 e. The Bertz CT molecular complexity index is 513. The quantitative estimate of drug-likeness (QED) is 0.776. The van der Waals surface area contributed by atoms with Gasteiger partial charge >= 0.3 is 0 Å². The van der Waals surface area contributed by atoms with E-state index in [1.165, 1.54) is 4.88 Å². The fraction of sp³-hybridized carbons (Fsp3) is 0.722. The second-order valence-corrected chi connectivity index (χ2v) is 7.80. The first kappa shape index (κ1) is 18.8. The fourth-order valence-corrected chi connectivity index (χ4v) is 4.35. The van der Waals surface area contributed by atoms with Crippen LogP contribution in [-0.4, -0.2) is 93.2 Å². The highest BCUT2D eigenvalue weighted by Crippen LogP contribution is 2.26. The van der Waals surface area contributed by atoms with E-state index in [9.17, 15) is 4.79 Å². The van der Waals surface area contributed by atoms with Crippen LogP contribution in [0.2, 0.25) is 0 Å².